The van der Waals surface area contributed by atoms with Gasteiger partial charge in [0.05, 0.1) is 43.4 Å². The molecule has 0 radical (unpaired) electrons. The molecule has 3 aromatic rings. The van der Waals surface area contributed by atoms with Crippen LogP contribution in [0.3, 0.4) is 0 Å². The Morgan fingerprint density at radius 3 is 2.76 bits per heavy atom. The number of hydrogen-bond donors (Lipinski definition) is 1. The Hall–Kier alpha value is -3.69. The van der Waals surface area contributed by atoms with E-state index in [0.717, 1.165) is 12.1 Å². The molecule has 0 spiro atoms. The summed E-state index contributed by atoms with van der Waals surface area (Å²) in [7, 11) is 0. The van der Waals surface area contributed by atoms with E-state index in [-0.39, 0.29) is 37.5 Å². The van der Waals surface area contributed by atoms with Crippen molar-refractivity contribution >= 4 is 5.91 Å². The second kappa shape index (κ2) is 12.7. The fourth-order valence-corrected chi connectivity index (χ4v) is 5.56. The van der Waals surface area contributed by atoms with Crippen LogP contribution in [0, 0.1) is 23.0 Å². The molecule has 0 bridgehead atoms. The van der Waals surface area contributed by atoms with Crippen molar-refractivity contribution in [1.29, 1.82) is 5.26 Å². The second-order valence-electron chi connectivity index (χ2n) is 11.1. The van der Waals surface area contributed by atoms with Crippen molar-refractivity contribution in [2.75, 3.05) is 6.54 Å². The number of amides is 1. The lowest BCUT2D eigenvalue weighted by Gasteiger charge is -2.43. The Labute approximate surface area is 243 Å². The SMILES string of the molecule is CC1(C)O[C@H]2[C@H](OCc3ccccc3C#N)C[C@](OCc3ccc(F)cc3F)(C(=O)NCCCn3ccnc3)C[C@H]2O1. The molecule has 222 valence electrons. The number of carbonyl (C=O) groups excluding carboxylic acids is 1. The van der Waals surface area contributed by atoms with Crippen LogP contribution >= 0.6 is 0 Å². The quantitative estimate of drug-likeness (QED) is 0.335. The molecule has 1 aliphatic heterocycles. The fraction of sp³-hybridized carbons (Fsp3) is 0.452. The van der Waals surface area contributed by atoms with Gasteiger partial charge in [0.15, 0.2) is 11.4 Å². The number of rotatable bonds is 11. The topological polar surface area (TPSA) is 108 Å². The number of halogens is 2. The van der Waals surface area contributed by atoms with Gasteiger partial charge in [-0.05, 0) is 38.0 Å². The number of ether oxygens (including phenoxy) is 4. The zero-order chi connectivity index (χ0) is 29.7. The number of nitriles is 1. The molecule has 2 aromatic carbocycles. The molecule has 2 fully saturated rings. The molecule has 5 rings (SSSR count). The summed E-state index contributed by atoms with van der Waals surface area (Å²) < 4.78 is 55.1. The number of nitrogens with one attached hydrogen (secondary N) is 1. The number of aryl methyl sites for hydroxylation is 1. The van der Waals surface area contributed by atoms with Crippen LogP contribution in [0.4, 0.5) is 8.78 Å². The minimum absolute atomic E-state index is 0.0957. The maximum atomic E-state index is 14.6. The van der Waals surface area contributed by atoms with Crippen molar-refractivity contribution < 1.29 is 32.5 Å². The summed E-state index contributed by atoms with van der Waals surface area (Å²) in [6.07, 6.45) is 4.43. The number of imidazole rings is 1. The Kier molecular flexibility index (Phi) is 8.99. The number of hydrogen-bond acceptors (Lipinski definition) is 7. The summed E-state index contributed by atoms with van der Waals surface area (Å²) in [5.74, 6) is -2.77. The number of benzene rings is 2. The molecule has 2 aliphatic rings. The van der Waals surface area contributed by atoms with Crippen LogP contribution < -0.4 is 5.32 Å². The van der Waals surface area contributed by atoms with E-state index in [2.05, 4.69) is 16.4 Å². The summed E-state index contributed by atoms with van der Waals surface area (Å²) in [5.41, 5.74) is -0.154. The molecule has 42 heavy (non-hydrogen) atoms. The predicted octanol–water partition coefficient (Wildman–Crippen LogP) is 4.39. The third-order valence-electron chi connectivity index (χ3n) is 7.61. The summed E-state index contributed by atoms with van der Waals surface area (Å²) in [6, 6.07) is 12.5. The van der Waals surface area contributed by atoms with Gasteiger partial charge in [-0.15, -0.1) is 0 Å². The first-order valence-corrected chi connectivity index (χ1v) is 14.0. The van der Waals surface area contributed by atoms with Gasteiger partial charge in [0.1, 0.15) is 17.7 Å². The number of carbonyl (C=O) groups is 1. The Balaban J connectivity index is 1.38. The van der Waals surface area contributed by atoms with E-state index in [4.69, 9.17) is 18.9 Å². The summed E-state index contributed by atoms with van der Waals surface area (Å²) in [5, 5.41) is 12.5. The highest BCUT2D eigenvalue weighted by molar-refractivity contribution is 5.85. The number of nitrogens with zero attached hydrogens (tertiary/aromatic N) is 3. The van der Waals surface area contributed by atoms with Gasteiger partial charge < -0.3 is 28.8 Å². The zero-order valence-electron chi connectivity index (χ0n) is 23.6. The standard InChI is InChI=1S/C31H34F2N4O5/c1-30(2)41-27-16-31(40-19-23-8-9-24(32)14-25(23)33,29(38)36-10-5-12-37-13-11-35-20-37)15-26(28(27)42-30)39-18-22-7-4-3-6-21(22)17-34/h3-4,6-9,11,13-14,20,26-28H,5,10,12,15-16,18-19H2,1-2H3,(H,36,38)/t26-,27-,28+,31-/m1/s1. The lowest BCUT2D eigenvalue weighted by molar-refractivity contribution is -0.183. The minimum Gasteiger partial charge on any atom is -0.371 e. The monoisotopic (exact) mass is 580 g/mol. The molecule has 1 aromatic heterocycles. The second-order valence-corrected chi connectivity index (χ2v) is 11.1. The van der Waals surface area contributed by atoms with E-state index in [9.17, 15) is 18.8 Å². The molecule has 1 amide bonds. The number of aromatic nitrogens is 2. The van der Waals surface area contributed by atoms with E-state index >= 15 is 0 Å². The average Bonchev–Trinajstić information content (AvgIpc) is 3.59. The molecule has 1 saturated carbocycles. The molecular weight excluding hydrogens is 546 g/mol. The lowest BCUT2D eigenvalue weighted by Crippen LogP contribution is -2.60. The largest absolute Gasteiger partial charge is 0.371 e. The zero-order valence-corrected chi connectivity index (χ0v) is 23.6. The lowest BCUT2D eigenvalue weighted by atomic mass is 9.78. The smallest absolute Gasteiger partial charge is 0.252 e. The van der Waals surface area contributed by atoms with E-state index in [1.807, 2.05) is 22.9 Å². The fourth-order valence-electron chi connectivity index (χ4n) is 5.56. The third-order valence-corrected chi connectivity index (χ3v) is 7.61. The molecule has 11 heteroatoms. The normalized spacial score (nSPS) is 24.6. The van der Waals surface area contributed by atoms with Crippen molar-refractivity contribution in [3.63, 3.8) is 0 Å². The minimum atomic E-state index is -1.46. The third kappa shape index (κ3) is 6.85. The maximum Gasteiger partial charge on any atom is 0.252 e. The van der Waals surface area contributed by atoms with Crippen molar-refractivity contribution in [1.82, 2.24) is 14.9 Å². The van der Waals surface area contributed by atoms with Crippen LogP contribution in [-0.4, -0.2) is 51.7 Å². The molecule has 2 heterocycles. The van der Waals surface area contributed by atoms with Gasteiger partial charge in [-0.3, -0.25) is 4.79 Å². The van der Waals surface area contributed by atoms with Crippen LogP contribution in [-0.2, 0) is 43.5 Å². The molecule has 0 unspecified atom stereocenters. The van der Waals surface area contributed by atoms with E-state index in [0.29, 0.717) is 30.6 Å². The first-order chi connectivity index (χ1) is 20.2. The molecule has 1 saturated heterocycles. The first-order valence-electron chi connectivity index (χ1n) is 14.0. The molecule has 9 nitrogen and oxygen atoms in total. The predicted molar refractivity (Wildman–Crippen MR) is 147 cm³/mol. The molecule has 1 aliphatic carbocycles. The van der Waals surface area contributed by atoms with E-state index in [1.54, 1.807) is 38.5 Å². The Morgan fingerprint density at radius 1 is 1.17 bits per heavy atom. The Bertz CT molecular complexity index is 1430. The van der Waals surface area contributed by atoms with E-state index in [1.165, 1.54) is 6.07 Å². The highest BCUT2D eigenvalue weighted by Gasteiger charge is 2.58. The van der Waals surface area contributed by atoms with Gasteiger partial charge in [-0.25, -0.2) is 13.8 Å². The Morgan fingerprint density at radius 2 is 2.00 bits per heavy atom. The van der Waals surface area contributed by atoms with Crippen molar-refractivity contribution in [3.05, 3.63) is 89.5 Å². The molecular formula is C31H34F2N4O5. The van der Waals surface area contributed by atoms with Crippen molar-refractivity contribution in [2.45, 2.75) is 82.6 Å². The molecule has 1 N–H and O–H groups in total. The van der Waals surface area contributed by atoms with Crippen molar-refractivity contribution in [2.24, 2.45) is 0 Å². The maximum absolute atomic E-state index is 14.6. The van der Waals surface area contributed by atoms with E-state index < -0.39 is 41.3 Å². The highest BCUT2D eigenvalue weighted by atomic mass is 19.1. The van der Waals surface area contributed by atoms with Gasteiger partial charge in [0.25, 0.3) is 5.91 Å². The average molecular weight is 581 g/mol. The van der Waals surface area contributed by atoms with Gasteiger partial charge in [0.2, 0.25) is 0 Å². The number of fused-ring (bicyclic) bond motifs is 1. The molecule has 4 atom stereocenters. The first kappa shape index (κ1) is 29.8. The van der Waals surface area contributed by atoms with Gasteiger partial charge in [-0.1, -0.05) is 24.3 Å². The summed E-state index contributed by atoms with van der Waals surface area (Å²) in [4.78, 5) is 17.9. The van der Waals surface area contributed by atoms with Crippen LogP contribution in [0.25, 0.3) is 0 Å². The van der Waals surface area contributed by atoms with Crippen LogP contribution in [0.15, 0.2) is 61.2 Å². The summed E-state index contributed by atoms with van der Waals surface area (Å²) in [6.45, 7) is 4.45. The van der Waals surface area contributed by atoms with Gasteiger partial charge in [0, 0.05) is 50.0 Å². The van der Waals surface area contributed by atoms with Gasteiger partial charge >= 0.3 is 0 Å². The highest BCUT2D eigenvalue weighted by Crippen LogP contribution is 2.44. The summed E-state index contributed by atoms with van der Waals surface area (Å²) >= 11 is 0. The van der Waals surface area contributed by atoms with Crippen LogP contribution in [0.2, 0.25) is 0 Å². The van der Waals surface area contributed by atoms with Crippen LogP contribution in [0.1, 0.15) is 49.8 Å². The van der Waals surface area contributed by atoms with Crippen LogP contribution in [0.5, 0.6) is 0 Å². The van der Waals surface area contributed by atoms with Gasteiger partial charge in [-0.2, -0.15) is 5.26 Å². The van der Waals surface area contributed by atoms with Crippen molar-refractivity contribution in [3.8, 4) is 6.07 Å².